The standard InChI is InChI=1S/C10H9NO3/c1-13-9-8(10(12)14-11-9)7-5-3-2-4-6-7/h2-6,11H,1H3. The molecule has 0 unspecified atom stereocenters. The Kier molecular flexibility index (Phi) is 2.10. The molecule has 0 saturated carbocycles. The van der Waals surface area contributed by atoms with Crippen LogP contribution in [0.5, 0.6) is 5.88 Å². The van der Waals surface area contributed by atoms with Crippen molar-refractivity contribution < 1.29 is 9.26 Å². The van der Waals surface area contributed by atoms with Crippen LogP contribution in [0.3, 0.4) is 0 Å². The molecule has 72 valence electrons. The van der Waals surface area contributed by atoms with Crippen LogP contribution < -0.4 is 10.4 Å². The minimum Gasteiger partial charge on any atom is -0.480 e. The van der Waals surface area contributed by atoms with Crippen molar-refractivity contribution in [3.63, 3.8) is 0 Å². The molecule has 0 aliphatic carbocycles. The first-order chi connectivity index (χ1) is 6.83. The lowest BCUT2D eigenvalue weighted by Gasteiger charge is -1.98. The Labute approximate surface area is 80.1 Å². The number of rotatable bonds is 2. The summed E-state index contributed by atoms with van der Waals surface area (Å²) in [4.78, 5) is 11.3. The normalized spacial score (nSPS) is 10.1. The molecule has 1 N–H and O–H groups in total. The SMILES string of the molecule is COc1[nH]oc(=O)c1-c1ccccc1. The largest absolute Gasteiger partial charge is 0.480 e. The van der Waals surface area contributed by atoms with Crippen molar-refractivity contribution in [2.24, 2.45) is 0 Å². The van der Waals surface area contributed by atoms with Crippen LogP contribution in [0.2, 0.25) is 0 Å². The van der Waals surface area contributed by atoms with E-state index in [0.717, 1.165) is 5.56 Å². The Morgan fingerprint density at radius 1 is 1.29 bits per heavy atom. The van der Waals surface area contributed by atoms with Gasteiger partial charge in [0.05, 0.1) is 7.11 Å². The van der Waals surface area contributed by atoms with E-state index in [0.29, 0.717) is 11.4 Å². The number of aromatic amines is 1. The van der Waals surface area contributed by atoms with E-state index in [1.54, 1.807) is 0 Å². The molecule has 4 heteroatoms. The van der Waals surface area contributed by atoms with E-state index >= 15 is 0 Å². The fraction of sp³-hybridized carbons (Fsp3) is 0.100. The van der Waals surface area contributed by atoms with E-state index < -0.39 is 5.63 Å². The van der Waals surface area contributed by atoms with Crippen LogP contribution >= 0.6 is 0 Å². The lowest BCUT2D eigenvalue weighted by Crippen LogP contribution is -1.97. The van der Waals surface area contributed by atoms with Crippen molar-refractivity contribution in [3.8, 4) is 17.0 Å². The first-order valence-electron chi connectivity index (χ1n) is 4.14. The molecular weight excluding hydrogens is 182 g/mol. The molecule has 1 aromatic carbocycles. The highest BCUT2D eigenvalue weighted by molar-refractivity contribution is 5.66. The first kappa shape index (κ1) is 8.62. The minimum atomic E-state index is -0.423. The Morgan fingerprint density at radius 2 is 2.00 bits per heavy atom. The van der Waals surface area contributed by atoms with Crippen LogP contribution in [0.1, 0.15) is 0 Å². The fourth-order valence-electron chi connectivity index (χ4n) is 1.28. The summed E-state index contributed by atoms with van der Waals surface area (Å²) in [5.41, 5.74) is 0.778. The second-order valence-corrected chi connectivity index (χ2v) is 2.77. The van der Waals surface area contributed by atoms with Crippen molar-refractivity contribution in [1.82, 2.24) is 5.16 Å². The van der Waals surface area contributed by atoms with E-state index in [2.05, 4.69) is 9.68 Å². The molecule has 0 fully saturated rings. The van der Waals surface area contributed by atoms with Crippen molar-refractivity contribution in [1.29, 1.82) is 0 Å². The van der Waals surface area contributed by atoms with E-state index in [1.165, 1.54) is 7.11 Å². The summed E-state index contributed by atoms with van der Waals surface area (Å²) in [7, 11) is 1.48. The number of ether oxygens (including phenoxy) is 1. The van der Waals surface area contributed by atoms with Gasteiger partial charge < -0.3 is 9.26 Å². The average molecular weight is 191 g/mol. The molecule has 0 amide bonds. The molecule has 0 aliphatic heterocycles. The molecule has 0 atom stereocenters. The highest BCUT2D eigenvalue weighted by atomic mass is 16.5. The van der Waals surface area contributed by atoms with Gasteiger partial charge in [-0.05, 0) is 5.56 Å². The number of nitrogens with one attached hydrogen (secondary N) is 1. The van der Waals surface area contributed by atoms with Crippen molar-refractivity contribution in [2.45, 2.75) is 0 Å². The van der Waals surface area contributed by atoms with Crippen molar-refractivity contribution in [3.05, 3.63) is 40.8 Å². The zero-order valence-electron chi connectivity index (χ0n) is 7.61. The van der Waals surface area contributed by atoms with Gasteiger partial charge in [-0.1, -0.05) is 30.3 Å². The summed E-state index contributed by atoms with van der Waals surface area (Å²) >= 11 is 0. The van der Waals surface area contributed by atoms with Crippen LogP contribution in [0.4, 0.5) is 0 Å². The second-order valence-electron chi connectivity index (χ2n) is 2.77. The molecule has 0 bridgehead atoms. The summed E-state index contributed by atoms with van der Waals surface area (Å²) < 4.78 is 9.61. The van der Waals surface area contributed by atoms with E-state index in [1.807, 2.05) is 30.3 Å². The molecule has 2 aromatic rings. The lowest BCUT2D eigenvalue weighted by atomic mass is 10.1. The van der Waals surface area contributed by atoms with E-state index in [9.17, 15) is 4.79 Å². The molecule has 1 aromatic heterocycles. The molecule has 1 heterocycles. The predicted molar refractivity (Wildman–Crippen MR) is 51.3 cm³/mol. The third-order valence-corrected chi connectivity index (χ3v) is 1.93. The second kappa shape index (κ2) is 3.41. The molecular formula is C10H9NO3. The van der Waals surface area contributed by atoms with Crippen LogP contribution in [0, 0.1) is 0 Å². The van der Waals surface area contributed by atoms with Gasteiger partial charge in [-0.2, -0.15) is 5.16 Å². The molecule has 14 heavy (non-hydrogen) atoms. The Morgan fingerprint density at radius 3 is 2.64 bits per heavy atom. The highest BCUT2D eigenvalue weighted by Crippen LogP contribution is 2.23. The average Bonchev–Trinajstić information content (AvgIpc) is 2.61. The van der Waals surface area contributed by atoms with E-state index in [-0.39, 0.29) is 0 Å². The third-order valence-electron chi connectivity index (χ3n) is 1.93. The zero-order chi connectivity index (χ0) is 9.97. The molecule has 4 nitrogen and oxygen atoms in total. The lowest BCUT2D eigenvalue weighted by molar-refractivity contribution is 0.329. The van der Waals surface area contributed by atoms with Gasteiger partial charge in [0.1, 0.15) is 5.56 Å². The van der Waals surface area contributed by atoms with E-state index in [4.69, 9.17) is 4.74 Å². The van der Waals surface area contributed by atoms with Crippen LogP contribution in [0.25, 0.3) is 11.1 Å². The predicted octanol–water partition coefficient (Wildman–Crippen LogP) is 1.64. The van der Waals surface area contributed by atoms with Crippen LogP contribution in [-0.2, 0) is 0 Å². The first-order valence-corrected chi connectivity index (χ1v) is 4.14. The third kappa shape index (κ3) is 1.31. The van der Waals surface area contributed by atoms with Gasteiger partial charge in [-0.3, -0.25) is 0 Å². The maximum absolute atomic E-state index is 11.3. The zero-order valence-corrected chi connectivity index (χ0v) is 7.61. The summed E-state index contributed by atoms with van der Waals surface area (Å²) in [6.45, 7) is 0. The number of hydrogen-bond donors (Lipinski definition) is 1. The molecule has 0 aliphatic rings. The minimum absolute atomic E-state index is 0.348. The number of H-pyrrole nitrogens is 1. The van der Waals surface area contributed by atoms with Gasteiger partial charge in [0.2, 0.25) is 5.88 Å². The van der Waals surface area contributed by atoms with Gasteiger partial charge in [0, 0.05) is 0 Å². The van der Waals surface area contributed by atoms with Gasteiger partial charge >= 0.3 is 5.63 Å². The quantitative estimate of drug-likeness (QED) is 0.785. The van der Waals surface area contributed by atoms with Crippen molar-refractivity contribution >= 4 is 0 Å². The molecule has 0 spiro atoms. The van der Waals surface area contributed by atoms with Gasteiger partial charge in [-0.15, -0.1) is 0 Å². The van der Waals surface area contributed by atoms with Crippen LogP contribution in [0.15, 0.2) is 39.6 Å². The maximum atomic E-state index is 11.3. The fourth-order valence-corrected chi connectivity index (χ4v) is 1.28. The van der Waals surface area contributed by atoms with Gasteiger partial charge in [0.15, 0.2) is 0 Å². The van der Waals surface area contributed by atoms with Gasteiger partial charge in [-0.25, -0.2) is 4.79 Å². The Hall–Kier alpha value is -1.97. The maximum Gasteiger partial charge on any atom is 0.369 e. The molecule has 0 saturated heterocycles. The topological polar surface area (TPSA) is 55.2 Å². The number of aromatic nitrogens is 1. The molecule has 0 radical (unpaired) electrons. The summed E-state index contributed by atoms with van der Waals surface area (Å²) in [5.74, 6) is 0.348. The van der Waals surface area contributed by atoms with Crippen molar-refractivity contribution in [2.75, 3.05) is 7.11 Å². The summed E-state index contributed by atoms with van der Waals surface area (Å²) in [6.07, 6.45) is 0. The summed E-state index contributed by atoms with van der Waals surface area (Å²) in [5, 5.41) is 2.41. The Balaban J connectivity index is 2.61. The Bertz CT molecular complexity index is 470. The number of methoxy groups -OCH3 is 1. The smallest absolute Gasteiger partial charge is 0.369 e. The number of hydrogen-bond acceptors (Lipinski definition) is 3. The summed E-state index contributed by atoms with van der Waals surface area (Å²) in [6, 6.07) is 9.22. The number of benzene rings is 1. The molecule has 2 rings (SSSR count). The van der Waals surface area contributed by atoms with Crippen LogP contribution in [-0.4, -0.2) is 12.3 Å². The monoisotopic (exact) mass is 191 g/mol. The highest BCUT2D eigenvalue weighted by Gasteiger charge is 2.13. The van der Waals surface area contributed by atoms with Gasteiger partial charge in [0.25, 0.3) is 0 Å².